The molecule has 2 aliphatic rings. The third-order valence-electron chi connectivity index (χ3n) is 5.72. The molecule has 2 heterocycles. The summed E-state index contributed by atoms with van der Waals surface area (Å²) in [4.78, 5) is 44.9. The summed E-state index contributed by atoms with van der Waals surface area (Å²) in [7, 11) is 0. The van der Waals surface area contributed by atoms with E-state index in [1.807, 2.05) is 36.4 Å². The summed E-state index contributed by atoms with van der Waals surface area (Å²) in [5, 5.41) is 1.58. The summed E-state index contributed by atoms with van der Waals surface area (Å²) in [5.74, 6) is -1.31. The van der Waals surface area contributed by atoms with Crippen molar-refractivity contribution in [3.8, 4) is 0 Å². The van der Waals surface area contributed by atoms with Crippen molar-refractivity contribution >= 4 is 18.0 Å². The van der Waals surface area contributed by atoms with E-state index in [4.69, 9.17) is 9.57 Å². The van der Waals surface area contributed by atoms with Crippen LogP contribution in [0.25, 0.3) is 0 Å². The number of hydrogen-bond donors (Lipinski definition) is 0. The van der Waals surface area contributed by atoms with Crippen LogP contribution < -0.4 is 0 Å². The van der Waals surface area contributed by atoms with Gasteiger partial charge in [-0.1, -0.05) is 55.5 Å². The maximum Gasteiger partial charge on any atom is 0.417 e. The number of cyclic esters (lactones) is 1. The number of hydrogen-bond acceptors (Lipinski definition) is 6. The molecule has 0 saturated carbocycles. The fraction of sp³-hybridized carbons (Fsp3) is 0.348. The second-order valence-electron chi connectivity index (χ2n) is 7.60. The first kappa shape index (κ1) is 20.1. The highest BCUT2D eigenvalue weighted by atomic mass is 16.7. The summed E-state index contributed by atoms with van der Waals surface area (Å²) < 4.78 is 5.18. The average molecular weight is 408 g/mol. The highest BCUT2D eigenvalue weighted by Gasteiger charge is 2.44. The van der Waals surface area contributed by atoms with Crippen LogP contribution in [-0.2, 0) is 14.4 Å². The molecule has 0 aromatic heterocycles. The molecule has 2 aromatic rings. The van der Waals surface area contributed by atoms with Gasteiger partial charge in [-0.3, -0.25) is 4.79 Å². The van der Waals surface area contributed by atoms with Crippen LogP contribution in [0.2, 0.25) is 0 Å². The van der Waals surface area contributed by atoms with Crippen molar-refractivity contribution < 1.29 is 24.0 Å². The largest absolute Gasteiger partial charge is 0.446 e. The number of amides is 2. The number of imide groups is 1. The molecule has 2 aromatic carbocycles. The number of ether oxygens (including phenoxy) is 1. The number of benzene rings is 2. The van der Waals surface area contributed by atoms with E-state index in [1.54, 1.807) is 36.3 Å². The molecule has 156 valence electrons. The minimum Gasteiger partial charge on any atom is -0.446 e. The molecule has 7 heteroatoms. The lowest BCUT2D eigenvalue weighted by molar-refractivity contribution is -0.151. The van der Waals surface area contributed by atoms with Crippen molar-refractivity contribution in [2.24, 2.45) is 5.92 Å². The first-order chi connectivity index (χ1) is 14.6. The monoisotopic (exact) mass is 408 g/mol. The van der Waals surface area contributed by atoms with Gasteiger partial charge in [0, 0.05) is 6.54 Å². The van der Waals surface area contributed by atoms with E-state index in [2.05, 4.69) is 0 Å². The first-order valence-electron chi connectivity index (χ1n) is 10.1. The van der Waals surface area contributed by atoms with Crippen LogP contribution in [0.5, 0.6) is 0 Å². The van der Waals surface area contributed by atoms with Gasteiger partial charge >= 0.3 is 12.1 Å². The molecular formula is C23H24N2O5. The Balaban J connectivity index is 1.48. The summed E-state index contributed by atoms with van der Waals surface area (Å²) in [5.41, 5.74) is 1.30. The van der Waals surface area contributed by atoms with E-state index >= 15 is 0 Å². The lowest BCUT2D eigenvalue weighted by atomic mass is 9.97. The van der Waals surface area contributed by atoms with Crippen molar-refractivity contribution in [1.82, 2.24) is 9.96 Å². The summed E-state index contributed by atoms with van der Waals surface area (Å²) in [6.45, 7) is 2.46. The zero-order valence-corrected chi connectivity index (χ0v) is 16.8. The summed E-state index contributed by atoms with van der Waals surface area (Å²) >= 11 is 0. The molecule has 2 saturated heterocycles. The lowest BCUT2D eigenvalue weighted by Gasteiger charge is -2.30. The second kappa shape index (κ2) is 8.67. The van der Waals surface area contributed by atoms with E-state index in [9.17, 15) is 14.4 Å². The topological polar surface area (TPSA) is 76.2 Å². The van der Waals surface area contributed by atoms with Gasteiger partial charge in [-0.25, -0.2) is 14.5 Å². The van der Waals surface area contributed by atoms with Crippen molar-refractivity contribution in [2.45, 2.75) is 31.8 Å². The van der Waals surface area contributed by atoms with E-state index in [0.29, 0.717) is 18.5 Å². The van der Waals surface area contributed by atoms with Crippen LogP contribution in [0.4, 0.5) is 4.79 Å². The van der Waals surface area contributed by atoms with E-state index < -0.39 is 24.0 Å². The average Bonchev–Trinajstić information content (AvgIpc) is 3.40. The van der Waals surface area contributed by atoms with Crippen molar-refractivity contribution in [3.63, 3.8) is 0 Å². The van der Waals surface area contributed by atoms with E-state index in [0.717, 1.165) is 12.0 Å². The Morgan fingerprint density at radius 3 is 2.43 bits per heavy atom. The molecule has 2 amide bonds. The van der Waals surface area contributed by atoms with Gasteiger partial charge in [0.2, 0.25) is 5.91 Å². The lowest BCUT2D eigenvalue weighted by Crippen LogP contribution is -2.46. The highest BCUT2D eigenvalue weighted by Crippen LogP contribution is 2.32. The molecule has 2 fully saturated rings. The van der Waals surface area contributed by atoms with Crippen molar-refractivity contribution in [3.05, 3.63) is 71.8 Å². The maximum atomic E-state index is 13.3. The number of carbonyl (C=O) groups excluding carboxylic acids is 3. The second-order valence-corrected chi connectivity index (χ2v) is 7.60. The van der Waals surface area contributed by atoms with Gasteiger partial charge < -0.3 is 9.57 Å². The molecule has 3 atom stereocenters. The molecule has 2 aliphatic heterocycles. The molecular weight excluding hydrogens is 384 g/mol. The van der Waals surface area contributed by atoms with Gasteiger partial charge in [0.25, 0.3) is 0 Å². The van der Waals surface area contributed by atoms with E-state index in [1.165, 1.54) is 4.90 Å². The molecule has 0 bridgehead atoms. The minimum absolute atomic E-state index is 0.138. The number of nitrogens with zero attached hydrogens (tertiary/aromatic N) is 2. The molecule has 4 rings (SSSR count). The zero-order valence-electron chi connectivity index (χ0n) is 16.8. The quantitative estimate of drug-likeness (QED) is 0.753. The molecule has 0 radical (unpaired) electrons. The van der Waals surface area contributed by atoms with Crippen LogP contribution >= 0.6 is 0 Å². The molecule has 0 unspecified atom stereocenters. The number of carbonyl (C=O) groups is 3. The Labute approximate surface area is 175 Å². The standard InChI is InChI=1S/C23H24N2O5/c1-16(19-13-8-14-24(19)30-22(27)18-11-6-3-7-12-18)21(26)25-20(15-29-23(25)28)17-9-4-2-5-10-17/h2-7,9-12,16,19-20H,8,13-15H2,1H3/t16-,19-,20-/m0/s1. The predicted molar refractivity (Wildman–Crippen MR) is 108 cm³/mol. The fourth-order valence-electron chi connectivity index (χ4n) is 4.08. The van der Waals surface area contributed by atoms with Crippen LogP contribution in [0.1, 0.15) is 41.7 Å². The van der Waals surface area contributed by atoms with Gasteiger partial charge in [0.05, 0.1) is 17.5 Å². The van der Waals surface area contributed by atoms with Crippen molar-refractivity contribution in [2.75, 3.05) is 13.2 Å². The SMILES string of the molecule is C[C@H](C(=O)N1C(=O)OC[C@H]1c1ccccc1)[C@@H]1CCCN1OC(=O)c1ccccc1. The smallest absolute Gasteiger partial charge is 0.417 e. The highest BCUT2D eigenvalue weighted by molar-refractivity contribution is 5.95. The third-order valence-corrected chi connectivity index (χ3v) is 5.72. The Hall–Kier alpha value is -3.19. The van der Waals surface area contributed by atoms with Crippen LogP contribution in [0.15, 0.2) is 60.7 Å². The van der Waals surface area contributed by atoms with Gasteiger partial charge in [0.15, 0.2) is 0 Å². The van der Waals surface area contributed by atoms with Crippen LogP contribution in [-0.4, -0.2) is 47.1 Å². The van der Waals surface area contributed by atoms with E-state index in [-0.39, 0.29) is 18.6 Å². The zero-order chi connectivity index (χ0) is 21.1. The van der Waals surface area contributed by atoms with Gasteiger partial charge in [0.1, 0.15) is 12.6 Å². The Morgan fingerprint density at radius 1 is 1.07 bits per heavy atom. The summed E-state index contributed by atoms with van der Waals surface area (Å²) in [6, 6.07) is 17.4. The first-order valence-corrected chi connectivity index (χ1v) is 10.1. The maximum absolute atomic E-state index is 13.3. The molecule has 0 spiro atoms. The number of rotatable bonds is 5. The molecule has 0 N–H and O–H groups in total. The predicted octanol–water partition coefficient (Wildman–Crippen LogP) is 3.58. The molecule has 30 heavy (non-hydrogen) atoms. The van der Waals surface area contributed by atoms with Crippen LogP contribution in [0, 0.1) is 5.92 Å². The Kier molecular flexibility index (Phi) is 5.81. The van der Waals surface area contributed by atoms with Crippen molar-refractivity contribution in [1.29, 1.82) is 0 Å². The van der Waals surface area contributed by atoms with Gasteiger partial charge in [-0.05, 0) is 30.5 Å². The fourth-order valence-corrected chi connectivity index (χ4v) is 4.08. The molecule has 7 nitrogen and oxygen atoms in total. The van der Waals surface area contributed by atoms with Gasteiger partial charge in [-0.15, -0.1) is 5.06 Å². The third kappa shape index (κ3) is 3.93. The van der Waals surface area contributed by atoms with Gasteiger partial charge in [-0.2, -0.15) is 0 Å². The Bertz CT molecular complexity index is 918. The Morgan fingerprint density at radius 2 is 1.73 bits per heavy atom. The molecule has 0 aliphatic carbocycles. The normalized spacial score (nSPS) is 22.6. The summed E-state index contributed by atoms with van der Waals surface area (Å²) in [6.07, 6.45) is 0.872. The van der Waals surface area contributed by atoms with Crippen LogP contribution in [0.3, 0.4) is 0 Å². The number of hydroxylamine groups is 2. The minimum atomic E-state index is -0.633.